The Balaban J connectivity index is 1.72. The number of thiocarbonyl (C=S) groups is 1. The smallest absolute Gasteiger partial charge is 0.194 e. The van der Waals surface area contributed by atoms with Gasteiger partial charge in [-0.05, 0) is 12.2 Å². The molecule has 2 aromatic heterocycles. The average Bonchev–Trinajstić information content (AvgIpc) is 3.17. The average molecular weight is 363 g/mol. The molecular weight excluding hydrogens is 344 g/mol. The number of benzene rings is 1. The van der Waals surface area contributed by atoms with E-state index in [1.165, 1.54) is 11.3 Å². The van der Waals surface area contributed by atoms with E-state index in [4.69, 9.17) is 17.2 Å². The lowest BCUT2D eigenvalue weighted by molar-refractivity contribution is 0.942. The van der Waals surface area contributed by atoms with Crippen LogP contribution in [0.2, 0.25) is 0 Å². The minimum Gasteiger partial charge on any atom is -0.366 e. The fraction of sp³-hybridized carbons (Fsp3) is 0.250. The predicted molar refractivity (Wildman–Crippen MR) is 104 cm³/mol. The molecule has 0 aliphatic rings. The molecule has 2 N–H and O–H groups in total. The van der Waals surface area contributed by atoms with Crippen LogP contribution in [0.4, 0.5) is 0 Å². The van der Waals surface area contributed by atoms with Gasteiger partial charge in [0.05, 0.1) is 11.4 Å². The minimum absolute atomic E-state index is 0.695. The molecule has 0 fully saturated rings. The second-order valence-electron chi connectivity index (χ2n) is 4.89. The second kappa shape index (κ2) is 7.81. The molecule has 3 aromatic rings. The van der Waals surface area contributed by atoms with E-state index in [9.17, 15) is 0 Å². The van der Waals surface area contributed by atoms with Gasteiger partial charge in [-0.2, -0.15) is 11.8 Å². The van der Waals surface area contributed by atoms with E-state index in [1.807, 2.05) is 24.9 Å². The summed E-state index contributed by atoms with van der Waals surface area (Å²) in [6.07, 6.45) is 2.10. The summed E-state index contributed by atoms with van der Waals surface area (Å²) in [6.45, 7) is 0.858. The van der Waals surface area contributed by atoms with Gasteiger partial charge in [0, 0.05) is 42.2 Å². The van der Waals surface area contributed by atoms with E-state index in [0.717, 1.165) is 28.7 Å². The molecule has 0 radical (unpaired) electrons. The summed E-state index contributed by atoms with van der Waals surface area (Å²) in [5, 5.41) is 8.87. The Morgan fingerprint density at radius 2 is 2.17 bits per heavy atom. The molecule has 3 rings (SSSR count). The van der Waals surface area contributed by atoms with Crippen LogP contribution in [-0.4, -0.2) is 33.8 Å². The summed E-state index contributed by atoms with van der Waals surface area (Å²) in [6, 6.07) is 10.4. The maximum Gasteiger partial charge on any atom is 0.194 e. The molecular formula is C16H18N4S3. The standard InChI is InChI=1S/C16H18N4S3/c1-17-15(21)18-7-9-22-11-13-14(12-5-3-2-4-6-12)19-16-20(13)8-10-23-16/h2-6,8,10H,7,9,11H2,1H3,(H2,17,18,21). The molecule has 7 heteroatoms. The Labute approximate surface area is 149 Å². The highest BCUT2D eigenvalue weighted by Gasteiger charge is 2.14. The van der Waals surface area contributed by atoms with Gasteiger partial charge in [0.1, 0.15) is 0 Å². The lowest BCUT2D eigenvalue weighted by Crippen LogP contribution is -2.33. The van der Waals surface area contributed by atoms with Crippen molar-refractivity contribution in [2.45, 2.75) is 5.75 Å². The van der Waals surface area contributed by atoms with Gasteiger partial charge < -0.3 is 10.6 Å². The molecule has 1 aromatic carbocycles. The largest absolute Gasteiger partial charge is 0.366 e. The van der Waals surface area contributed by atoms with E-state index in [1.54, 1.807) is 11.3 Å². The normalized spacial score (nSPS) is 10.8. The van der Waals surface area contributed by atoms with Crippen LogP contribution in [-0.2, 0) is 5.75 Å². The number of thiazole rings is 1. The molecule has 0 atom stereocenters. The van der Waals surface area contributed by atoms with Gasteiger partial charge in [-0.3, -0.25) is 4.40 Å². The molecule has 0 aliphatic heterocycles. The van der Waals surface area contributed by atoms with Crippen LogP contribution in [0.5, 0.6) is 0 Å². The lowest BCUT2D eigenvalue weighted by atomic mass is 10.1. The van der Waals surface area contributed by atoms with Crippen molar-refractivity contribution in [2.24, 2.45) is 0 Å². The molecule has 4 nitrogen and oxygen atoms in total. The molecule has 2 heterocycles. The topological polar surface area (TPSA) is 41.4 Å². The van der Waals surface area contributed by atoms with Crippen molar-refractivity contribution >= 4 is 45.4 Å². The molecule has 23 heavy (non-hydrogen) atoms. The zero-order chi connectivity index (χ0) is 16.1. The summed E-state index contributed by atoms with van der Waals surface area (Å²) in [5.74, 6) is 1.92. The Morgan fingerprint density at radius 1 is 1.35 bits per heavy atom. The minimum atomic E-state index is 0.695. The first kappa shape index (κ1) is 16.3. The number of aromatic nitrogens is 2. The van der Waals surface area contributed by atoms with Gasteiger partial charge in [-0.25, -0.2) is 4.98 Å². The molecule has 0 amide bonds. The molecule has 0 saturated carbocycles. The lowest BCUT2D eigenvalue weighted by Gasteiger charge is -2.07. The summed E-state index contributed by atoms with van der Waals surface area (Å²) in [7, 11) is 1.83. The van der Waals surface area contributed by atoms with Crippen molar-refractivity contribution in [2.75, 3.05) is 19.3 Å². The van der Waals surface area contributed by atoms with Crippen molar-refractivity contribution in [1.82, 2.24) is 20.0 Å². The fourth-order valence-electron chi connectivity index (χ4n) is 2.29. The highest BCUT2D eigenvalue weighted by molar-refractivity contribution is 7.98. The first-order chi connectivity index (χ1) is 11.3. The maximum absolute atomic E-state index is 5.08. The van der Waals surface area contributed by atoms with Crippen molar-refractivity contribution in [3.8, 4) is 11.3 Å². The van der Waals surface area contributed by atoms with Crippen LogP contribution < -0.4 is 10.6 Å². The van der Waals surface area contributed by atoms with E-state index in [2.05, 4.69) is 50.9 Å². The van der Waals surface area contributed by atoms with Gasteiger partial charge in [0.25, 0.3) is 0 Å². The van der Waals surface area contributed by atoms with E-state index >= 15 is 0 Å². The monoisotopic (exact) mass is 362 g/mol. The number of fused-ring (bicyclic) bond motifs is 1. The number of hydrogen-bond acceptors (Lipinski definition) is 4. The number of nitrogens with one attached hydrogen (secondary N) is 2. The van der Waals surface area contributed by atoms with Gasteiger partial charge in [0.2, 0.25) is 0 Å². The molecule has 0 aliphatic carbocycles. The fourth-order valence-corrected chi connectivity index (χ4v) is 3.99. The predicted octanol–water partition coefficient (Wildman–Crippen LogP) is 3.39. The zero-order valence-electron chi connectivity index (χ0n) is 12.8. The number of nitrogens with zero attached hydrogens (tertiary/aromatic N) is 2. The zero-order valence-corrected chi connectivity index (χ0v) is 15.2. The van der Waals surface area contributed by atoms with Gasteiger partial charge >= 0.3 is 0 Å². The molecule has 0 unspecified atom stereocenters. The summed E-state index contributed by atoms with van der Waals surface area (Å²) in [5.41, 5.74) is 3.52. The highest BCUT2D eigenvalue weighted by Crippen LogP contribution is 2.29. The van der Waals surface area contributed by atoms with Gasteiger partial charge in [-0.15, -0.1) is 11.3 Å². The number of thioether (sulfide) groups is 1. The van der Waals surface area contributed by atoms with Crippen molar-refractivity contribution in [3.63, 3.8) is 0 Å². The molecule has 0 bridgehead atoms. The SMILES string of the molecule is CNC(=S)NCCSCc1c(-c2ccccc2)nc2sccn12. The van der Waals surface area contributed by atoms with Crippen LogP contribution in [0, 0.1) is 0 Å². The Hall–Kier alpha value is -1.57. The number of imidazole rings is 1. The Morgan fingerprint density at radius 3 is 2.96 bits per heavy atom. The van der Waals surface area contributed by atoms with Crippen molar-refractivity contribution < 1.29 is 0 Å². The van der Waals surface area contributed by atoms with Gasteiger partial charge in [0.15, 0.2) is 10.1 Å². The van der Waals surface area contributed by atoms with Crippen molar-refractivity contribution in [1.29, 1.82) is 0 Å². The van der Waals surface area contributed by atoms with Crippen LogP contribution >= 0.6 is 35.3 Å². The number of rotatable bonds is 6. The quantitative estimate of drug-likeness (QED) is 0.520. The van der Waals surface area contributed by atoms with Crippen LogP contribution in [0.25, 0.3) is 16.2 Å². The van der Waals surface area contributed by atoms with Crippen LogP contribution in [0.15, 0.2) is 41.9 Å². The Bertz CT molecular complexity index is 779. The molecule has 0 spiro atoms. The second-order valence-corrected chi connectivity index (χ2v) is 7.27. The van der Waals surface area contributed by atoms with E-state index in [0.29, 0.717) is 5.11 Å². The van der Waals surface area contributed by atoms with E-state index in [-0.39, 0.29) is 0 Å². The van der Waals surface area contributed by atoms with Crippen LogP contribution in [0.3, 0.4) is 0 Å². The maximum atomic E-state index is 5.08. The first-order valence-corrected chi connectivity index (χ1v) is 9.77. The number of hydrogen-bond donors (Lipinski definition) is 2. The van der Waals surface area contributed by atoms with Gasteiger partial charge in [-0.1, -0.05) is 30.3 Å². The third-order valence-corrected chi connectivity index (χ3v) is 5.48. The Kier molecular flexibility index (Phi) is 5.53. The third kappa shape index (κ3) is 3.85. The molecule has 120 valence electrons. The van der Waals surface area contributed by atoms with E-state index < -0.39 is 0 Å². The third-order valence-electron chi connectivity index (χ3n) is 3.41. The molecule has 0 saturated heterocycles. The first-order valence-electron chi connectivity index (χ1n) is 7.33. The summed E-state index contributed by atoms with van der Waals surface area (Å²) < 4.78 is 2.20. The van der Waals surface area contributed by atoms with Crippen molar-refractivity contribution in [3.05, 3.63) is 47.6 Å². The van der Waals surface area contributed by atoms with Crippen LogP contribution in [0.1, 0.15) is 5.69 Å². The summed E-state index contributed by atoms with van der Waals surface area (Å²) in [4.78, 5) is 5.85. The highest BCUT2D eigenvalue weighted by atomic mass is 32.2. The summed E-state index contributed by atoms with van der Waals surface area (Å²) >= 11 is 8.63.